The molecule has 1 amide bonds. The minimum Gasteiger partial charge on any atom is -0.444 e. The summed E-state index contributed by atoms with van der Waals surface area (Å²) in [5.74, 6) is 0. The van der Waals surface area contributed by atoms with Gasteiger partial charge in [0.2, 0.25) is 0 Å². The van der Waals surface area contributed by atoms with Crippen LogP contribution < -0.4 is 5.32 Å². The van der Waals surface area contributed by atoms with Gasteiger partial charge in [0.05, 0.1) is 11.2 Å². The third kappa shape index (κ3) is 4.34. The van der Waals surface area contributed by atoms with E-state index in [0.29, 0.717) is 5.02 Å². The van der Waals surface area contributed by atoms with E-state index in [-0.39, 0.29) is 6.54 Å². The highest BCUT2D eigenvalue weighted by Gasteiger charge is 2.16. The third-order valence-electron chi connectivity index (χ3n) is 3.52. The quantitative estimate of drug-likeness (QED) is 0.637. The van der Waals surface area contributed by atoms with Crippen LogP contribution in [-0.2, 0) is 11.3 Å². The predicted octanol–water partition coefficient (Wildman–Crippen LogP) is 4.84. The number of hydrogen-bond acceptors (Lipinski definition) is 4. The van der Waals surface area contributed by atoms with Crippen molar-refractivity contribution in [2.24, 2.45) is 0 Å². The first kappa shape index (κ1) is 18.7. The number of carbonyl (C=O) groups is 1. The van der Waals surface area contributed by atoms with Crippen LogP contribution in [0.2, 0.25) is 5.02 Å². The molecule has 1 aromatic carbocycles. The lowest BCUT2D eigenvalue weighted by Gasteiger charge is -2.19. The maximum Gasteiger partial charge on any atom is 0.407 e. The van der Waals surface area contributed by atoms with E-state index in [1.165, 1.54) is 6.33 Å². The molecule has 0 aliphatic heterocycles. The maximum atomic E-state index is 11.8. The summed E-state index contributed by atoms with van der Waals surface area (Å²) < 4.78 is 7.89. The van der Waals surface area contributed by atoms with E-state index in [1.54, 1.807) is 4.52 Å². The molecule has 8 heteroatoms. The lowest BCUT2D eigenvalue weighted by molar-refractivity contribution is 0.0523. The molecule has 2 aromatic heterocycles. The number of alkyl carbamates (subject to hydrolysis) is 1. The Morgan fingerprint density at radius 3 is 2.81 bits per heavy atom. The van der Waals surface area contributed by atoms with Crippen LogP contribution in [0.25, 0.3) is 16.8 Å². The Morgan fingerprint density at radius 2 is 2.12 bits per heavy atom. The van der Waals surface area contributed by atoms with Gasteiger partial charge in [0.15, 0.2) is 0 Å². The van der Waals surface area contributed by atoms with Gasteiger partial charge in [-0.05, 0) is 54.4 Å². The number of ether oxygens (including phenoxy) is 1. The Morgan fingerprint density at radius 1 is 1.35 bits per heavy atom. The molecule has 0 aliphatic rings. The molecule has 0 bridgehead atoms. The van der Waals surface area contributed by atoms with E-state index >= 15 is 0 Å². The standard InChI is InChI=1S/C18H18BrClN4O2/c1-18(2,3)26-17(25)21-8-12-5-4-11(6-14(12)20)16-15-7-13(19)9-24(15)23-10-22-16/h4-7,9-10H,8H2,1-3H3,(H,21,25). The van der Waals surface area contributed by atoms with Gasteiger partial charge in [0.25, 0.3) is 0 Å². The van der Waals surface area contributed by atoms with E-state index in [9.17, 15) is 4.79 Å². The summed E-state index contributed by atoms with van der Waals surface area (Å²) in [5, 5.41) is 7.44. The van der Waals surface area contributed by atoms with E-state index in [2.05, 4.69) is 31.3 Å². The molecular weight excluding hydrogens is 420 g/mol. The Labute approximate surface area is 164 Å². The second-order valence-corrected chi connectivity index (χ2v) is 8.08. The number of halogens is 2. The highest BCUT2D eigenvalue weighted by atomic mass is 79.9. The Hall–Kier alpha value is -2.12. The van der Waals surface area contributed by atoms with Crippen molar-refractivity contribution in [2.75, 3.05) is 0 Å². The minimum atomic E-state index is -0.540. The number of benzene rings is 1. The number of hydrogen-bond donors (Lipinski definition) is 1. The van der Waals surface area contributed by atoms with Crippen molar-refractivity contribution in [1.29, 1.82) is 0 Å². The van der Waals surface area contributed by atoms with Crippen molar-refractivity contribution in [3.63, 3.8) is 0 Å². The van der Waals surface area contributed by atoms with Crippen molar-refractivity contribution in [2.45, 2.75) is 32.9 Å². The molecule has 136 valence electrons. The number of carbonyl (C=O) groups excluding carboxylic acids is 1. The lowest BCUT2D eigenvalue weighted by Crippen LogP contribution is -2.32. The van der Waals surface area contributed by atoms with Gasteiger partial charge >= 0.3 is 6.09 Å². The van der Waals surface area contributed by atoms with Gasteiger partial charge in [-0.25, -0.2) is 14.3 Å². The van der Waals surface area contributed by atoms with E-state index in [4.69, 9.17) is 16.3 Å². The van der Waals surface area contributed by atoms with E-state index in [0.717, 1.165) is 26.8 Å². The largest absolute Gasteiger partial charge is 0.444 e. The molecule has 3 rings (SSSR count). The van der Waals surface area contributed by atoms with Gasteiger partial charge in [-0.3, -0.25) is 0 Å². The average Bonchev–Trinajstić information content (AvgIpc) is 2.92. The first-order valence-corrected chi connectivity index (χ1v) is 9.14. The highest BCUT2D eigenvalue weighted by molar-refractivity contribution is 9.10. The molecule has 1 N–H and O–H groups in total. The molecule has 2 heterocycles. The fourth-order valence-electron chi connectivity index (χ4n) is 2.44. The smallest absolute Gasteiger partial charge is 0.407 e. The SMILES string of the molecule is CC(C)(C)OC(=O)NCc1ccc(-c2ncnn3cc(Br)cc23)cc1Cl. The predicted molar refractivity (Wildman–Crippen MR) is 104 cm³/mol. The number of nitrogens with zero attached hydrogens (tertiary/aromatic N) is 3. The topological polar surface area (TPSA) is 68.5 Å². The summed E-state index contributed by atoms with van der Waals surface area (Å²) in [7, 11) is 0. The number of aromatic nitrogens is 3. The summed E-state index contributed by atoms with van der Waals surface area (Å²) in [4.78, 5) is 16.2. The monoisotopic (exact) mass is 436 g/mol. The highest BCUT2D eigenvalue weighted by Crippen LogP contribution is 2.28. The summed E-state index contributed by atoms with van der Waals surface area (Å²) in [6.45, 7) is 5.73. The molecule has 0 unspecified atom stereocenters. The Bertz CT molecular complexity index is 965. The van der Waals surface area contributed by atoms with E-state index < -0.39 is 11.7 Å². The molecule has 0 radical (unpaired) electrons. The van der Waals surface area contributed by atoms with Gasteiger partial charge in [0, 0.05) is 27.8 Å². The Kier molecular flexibility index (Phi) is 5.20. The zero-order chi connectivity index (χ0) is 18.9. The van der Waals surface area contributed by atoms with Crippen LogP contribution in [0.4, 0.5) is 4.79 Å². The fraction of sp³-hybridized carbons (Fsp3) is 0.278. The van der Waals surface area contributed by atoms with Crippen molar-refractivity contribution >= 4 is 39.1 Å². The zero-order valence-corrected chi connectivity index (χ0v) is 16.9. The second-order valence-electron chi connectivity index (χ2n) is 6.76. The number of amides is 1. The number of fused-ring (bicyclic) bond motifs is 1. The van der Waals surface area contributed by atoms with Gasteiger partial charge in [-0.1, -0.05) is 23.7 Å². The summed E-state index contributed by atoms with van der Waals surface area (Å²) in [6, 6.07) is 7.56. The van der Waals surface area contributed by atoms with Crippen LogP contribution in [0, 0.1) is 0 Å². The second kappa shape index (κ2) is 7.25. The van der Waals surface area contributed by atoms with Crippen LogP contribution in [-0.4, -0.2) is 26.3 Å². The van der Waals surface area contributed by atoms with Crippen LogP contribution in [0.3, 0.4) is 0 Å². The summed E-state index contributed by atoms with van der Waals surface area (Å²) in [5.41, 5.74) is 2.77. The van der Waals surface area contributed by atoms with Crippen LogP contribution in [0.1, 0.15) is 26.3 Å². The van der Waals surface area contributed by atoms with Crippen LogP contribution in [0.5, 0.6) is 0 Å². The molecule has 26 heavy (non-hydrogen) atoms. The van der Waals surface area contributed by atoms with Crippen molar-refractivity contribution in [3.8, 4) is 11.3 Å². The maximum absolute atomic E-state index is 11.8. The van der Waals surface area contributed by atoms with Gasteiger partial charge < -0.3 is 10.1 Å². The summed E-state index contributed by atoms with van der Waals surface area (Å²) in [6.07, 6.45) is 2.88. The van der Waals surface area contributed by atoms with Gasteiger partial charge in [-0.2, -0.15) is 5.10 Å². The molecule has 0 spiro atoms. The average molecular weight is 438 g/mol. The van der Waals surface area contributed by atoms with Crippen LogP contribution in [0.15, 0.2) is 41.3 Å². The molecular formula is C18H18BrClN4O2. The number of nitrogens with one attached hydrogen (secondary N) is 1. The van der Waals surface area contributed by atoms with Crippen molar-refractivity contribution in [3.05, 3.63) is 51.8 Å². The van der Waals surface area contributed by atoms with Crippen molar-refractivity contribution < 1.29 is 9.53 Å². The molecule has 3 aromatic rings. The Balaban J connectivity index is 1.80. The van der Waals surface area contributed by atoms with E-state index in [1.807, 2.05) is 51.2 Å². The molecule has 0 aliphatic carbocycles. The van der Waals surface area contributed by atoms with Crippen LogP contribution >= 0.6 is 27.5 Å². The third-order valence-corrected chi connectivity index (χ3v) is 4.31. The molecule has 6 nitrogen and oxygen atoms in total. The first-order valence-electron chi connectivity index (χ1n) is 7.97. The zero-order valence-electron chi connectivity index (χ0n) is 14.6. The number of rotatable bonds is 3. The fourth-order valence-corrected chi connectivity index (χ4v) is 3.10. The first-order chi connectivity index (χ1) is 12.2. The lowest BCUT2D eigenvalue weighted by atomic mass is 10.1. The molecule has 0 saturated carbocycles. The minimum absolute atomic E-state index is 0.282. The summed E-state index contributed by atoms with van der Waals surface area (Å²) >= 11 is 9.85. The van der Waals surface area contributed by atoms with Gasteiger partial charge in [0.1, 0.15) is 11.9 Å². The normalized spacial score (nSPS) is 11.6. The molecule has 0 atom stereocenters. The van der Waals surface area contributed by atoms with Crippen molar-refractivity contribution in [1.82, 2.24) is 19.9 Å². The molecule has 0 saturated heterocycles. The molecule has 0 fully saturated rings. The van der Waals surface area contributed by atoms with Gasteiger partial charge in [-0.15, -0.1) is 0 Å².